The molecule has 3 rings (SSSR count). The average Bonchev–Trinajstić information content (AvgIpc) is 3.24. The molecule has 0 amide bonds. The van der Waals surface area contributed by atoms with E-state index >= 15 is 0 Å². The van der Waals surface area contributed by atoms with Crippen molar-refractivity contribution in [3.63, 3.8) is 0 Å². The van der Waals surface area contributed by atoms with Crippen LogP contribution in [-0.2, 0) is 11.3 Å². The molecule has 1 atom stereocenters. The molecule has 10 heteroatoms. The first-order valence-electron chi connectivity index (χ1n) is 9.44. The number of thiophene rings is 1. The van der Waals surface area contributed by atoms with E-state index < -0.39 is 11.4 Å². The van der Waals surface area contributed by atoms with Crippen LogP contribution in [0.3, 0.4) is 0 Å². The molecule has 0 aromatic carbocycles. The summed E-state index contributed by atoms with van der Waals surface area (Å²) in [5.74, 6) is -0.355. The molecule has 0 spiro atoms. The predicted octanol–water partition coefficient (Wildman–Crippen LogP) is 2.93. The number of carboxylic acid groups (broad SMARTS) is 1. The highest BCUT2D eigenvalue weighted by molar-refractivity contribution is 7.16. The van der Waals surface area contributed by atoms with Gasteiger partial charge in [0.05, 0.1) is 29.2 Å². The second kappa shape index (κ2) is 8.83. The van der Waals surface area contributed by atoms with E-state index in [1.54, 1.807) is 0 Å². The van der Waals surface area contributed by atoms with Crippen molar-refractivity contribution in [3.05, 3.63) is 33.1 Å². The van der Waals surface area contributed by atoms with E-state index in [2.05, 4.69) is 15.7 Å². The van der Waals surface area contributed by atoms with Gasteiger partial charge >= 0.3 is 5.97 Å². The summed E-state index contributed by atoms with van der Waals surface area (Å²) in [4.78, 5) is 26.9. The van der Waals surface area contributed by atoms with Crippen molar-refractivity contribution in [3.8, 4) is 0 Å². The zero-order valence-corrected chi connectivity index (χ0v) is 18.3. The number of nitrogens with zero attached hydrogens (tertiary/aromatic N) is 3. The summed E-state index contributed by atoms with van der Waals surface area (Å²) in [7, 11) is 0. The Morgan fingerprint density at radius 2 is 2.17 bits per heavy atom. The molecule has 3 N–H and O–H groups in total. The number of carbonyl (C=O) groups excluding carboxylic acids is 1. The van der Waals surface area contributed by atoms with Gasteiger partial charge in [-0.1, -0.05) is 32.4 Å². The lowest BCUT2D eigenvalue weighted by atomic mass is 9.96. The SMILES string of the molecule is CC(C)(C)C(=O)n1nc(C2CN(CC(=O)O)CCN2)cc1NCc1ccc(Cl)s1. The third-order valence-electron chi connectivity index (χ3n) is 4.61. The molecule has 8 nitrogen and oxygen atoms in total. The van der Waals surface area contributed by atoms with Crippen molar-refractivity contribution in [1.29, 1.82) is 0 Å². The monoisotopic (exact) mass is 439 g/mol. The summed E-state index contributed by atoms with van der Waals surface area (Å²) in [6.07, 6.45) is 0. The molecule has 0 aliphatic carbocycles. The number of piperazine rings is 1. The molecule has 1 fully saturated rings. The summed E-state index contributed by atoms with van der Waals surface area (Å²) in [6, 6.07) is 5.50. The molecule has 29 heavy (non-hydrogen) atoms. The molecule has 158 valence electrons. The molecule has 1 aliphatic heterocycles. The van der Waals surface area contributed by atoms with Crippen molar-refractivity contribution in [1.82, 2.24) is 20.0 Å². The van der Waals surface area contributed by atoms with Crippen LogP contribution in [0.4, 0.5) is 5.82 Å². The number of nitrogens with one attached hydrogen (secondary N) is 2. The number of aliphatic carboxylic acids is 1. The van der Waals surface area contributed by atoms with E-state index in [-0.39, 0.29) is 18.5 Å². The number of aromatic nitrogens is 2. The number of anilines is 1. The summed E-state index contributed by atoms with van der Waals surface area (Å²) >= 11 is 7.48. The Bertz CT molecular complexity index is 889. The van der Waals surface area contributed by atoms with Crippen LogP contribution in [-0.4, -0.2) is 57.8 Å². The maximum absolute atomic E-state index is 12.9. The molecule has 2 aromatic rings. The van der Waals surface area contributed by atoms with E-state index in [1.807, 2.05) is 43.9 Å². The summed E-state index contributed by atoms with van der Waals surface area (Å²) < 4.78 is 2.13. The summed E-state index contributed by atoms with van der Waals surface area (Å²) in [5.41, 5.74) is 0.116. The van der Waals surface area contributed by atoms with Gasteiger partial charge in [0.15, 0.2) is 0 Å². The van der Waals surface area contributed by atoms with Gasteiger partial charge in [0, 0.05) is 36.0 Å². The Labute approximate surface area is 178 Å². The normalized spacial score (nSPS) is 18.0. The molecular formula is C19H26ClN5O3S. The fourth-order valence-electron chi connectivity index (χ4n) is 3.14. The fraction of sp³-hybridized carbons (Fsp3) is 0.526. The van der Waals surface area contributed by atoms with Crippen molar-refractivity contribution in [2.45, 2.75) is 33.4 Å². The van der Waals surface area contributed by atoms with Crippen molar-refractivity contribution in [2.75, 3.05) is 31.5 Å². The van der Waals surface area contributed by atoms with Crippen LogP contribution in [0.2, 0.25) is 4.34 Å². The molecular weight excluding hydrogens is 414 g/mol. The number of halogens is 1. The van der Waals surface area contributed by atoms with Crippen LogP contribution in [0, 0.1) is 5.41 Å². The van der Waals surface area contributed by atoms with Crippen LogP contribution in [0.15, 0.2) is 18.2 Å². The maximum Gasteiger partial charge on any atom is 0.317 e. The van der Waals surface area contributed by atoms with Crippen LogP contribution in [0.5, 0.6) is 0 Å². The molecule has 0 bridgehead atoms. The maximum atomic E-state index is 12.9. The van der Waals surface area contributed by atoms with Crippen LogP contribution in [0.1, 0.15) is 42.2 Å². The number of hydrogen-bond acceptors (Lipinski definition) is 7. The second-order valence-electron chi connectivity index (χ2n) is 8.12. The lowest BCUT2D eigenvalue weighted by Crippen LogP contribution is -2.47. The highest BCUT2D eigenvalue weighted by atomic mass is 35.5. The van der Waals surface area contributed by atoms with Gasteiger partial charge in [-0.15, -0.1) is 11.3 Å². The van der Waals surface area contributed by atoms with Gasteiger partial charge in [-0.2, -0.15) is 9.78 Å². The smallest absolute Gasteiger partial charge is 0.317 e. The van der Waals surface area contributed by atoms with Crippen molar-refractivity contribution >= 4 is 40.6 Å². The zero-order chi connectivity index (χ0) is 21.2. The van der Waals surface area contributed by atoms with Gasteiger partial charge in [-0.05, 0) is 12.1 Å². The minimum Gasteiger partial charge on any atom is -0.480 e. The Kier molecular flexibility index (Phi) is 6.62. The van der Waals surface area contributed by atoms with Crippen LogP contribution < -0.4 is 10.6 Å². The third-order valence-corrected chi connectivity index (χ3v) is 5.84. The van der Waals surface area contributed by atoms with Gasteiger partial charge in [-0.3, -0.25) is 14.5 Å². The van der Waals surface area contributed by atoms with Gasteiger partial charge in [0.2, 0.25) is 0 Å². The van der Waals surface area contributed by atoms with E-state index in [4.69, 9.17) is 16.7 Å². The van der Waals surface area contributed by atoms with E-state index in [0.717, 1.165) is 4.88 Å². The molecule has 1 aliphatic rings. The fourth-order valence-corrected chi connectivity index (χ4v) is 4.16. The van der Waals surface area contributed by atoms with Gasteiger partial charge in [0.25, 0.3) is 5.91 Å². The topological polar surface area (TPSA) is 99.5 Å². The van der Waals surface area contributed by atoms with Crippen molar-refractivity contribution < 1.29 is 14.7 Å². The molecule has 2 aromatic heterocycles. The Morgan fingerprint density at radius 3 is 2.79 bits per heavy atom. The van der Waals surface area contributed by atoms with E-state index in [9.17, 15) is 9.59 Å². The second-order valence-corrected chi connectivity index (χ2v) is 9.92. The molecule has 0 saturated carbocycles. The van der Waals surface area contributed by atoms with Gasteiger partial charge in [0.1, 0.15) is 5.82 Å². The number of carbonyl (C=O) groups is 2. The van der Waals surface area contributed by atoms with Crippen LogP contribution in [0.25, 0.3) is 0 Å². The lowest BCUT2D eigenvalue weighted by Gasteiger charge is -2.31. The first-order valence-corrected chi connectivity index (χ1v) is 10.6. The van der Waals surface area contributed by atoms with Crippen LogP contribution >= 0.6 is 22.9 Å². The Morgan fingerprint density at radius 1 is 1.41 bits per heavy atom. The highest BCUT2D eigenvalue weighted by Crippen LogP contribution is 2.26. The number of rotatable bonds is 6. The molecule has 1 unspecified atom stereocenters. The Hall–Kier alpha value is -1.94. The average molecular weight is 440 g/mol. The minimum absolute atomic E-state index is 0.00987. The highest BCUT2D eigenvalue weighted by Gasteiger charge is 2.30. The van der Waals surface area contributed by atoms with E-state index in [1.165, 1.54) is 16.0 Å². The number of hydrogen-bond donors (Lipinski definition) is 3. The molecule has 3 heterocycles. The van der Waals surface area contributed by atoms with Gasteiger partial charge in [-0.25, -0.2) is 0 Å². The quantitative estimate of drug-likeness (QED) is 0.636. The molecule has 0 radical (unpaired) electrons. The minimum atomic E-state index is -0.851. The first kappa shape index (κ1) is 21.8. The number of carboxylic acids is 1. The lowest BCUT2D eigenvalue weighted by molar-refractivity contribution is -0.138. The largest absolute Gasteiger partial charge is 0.480 e. The summed E-state index contributed by atoms with van der Waals surface area (Å²) in [6.45, 7) is 7.93. The standard InChI is InChI=1S/C19H26ClN5O3S/c1-19(2,3)18(28)25-16(22-9-12-4-5-15(20)29-12)8-13(23-25)14-10-24(7-6-21-14)11-17(26)27/h4-5,8,14,21-22H,6-7,9-11H2,1-3H3,(H,26,27). The van der Waals surface area contributed by atoms with E-state index in [0.29, 0.717) is 42.0 Å². The van der Waals surface area contributed by atoms with Crippen molar-refractivity contribution in [2.24, 2.45) is 5.41 Å². The summed E-state index contributed by atoms with van der Waals surface area (Å²) in [5, 5.41) is 20.3. The third kappa shape index (κ3) is 5.57. The predicted molar refractivity (Wildman–Crippen MR) is 114 cm³/mol. The van der Waals surface area contributed by atoms with Gasteiger partial charge < -0.3 is 15.7 Å². The zero-order valence-electron chi connectivity index (χ0n) is 16.7. The molecule has 1 saturated heterocycles. The first-order chi connectivity index (χ1) is 13.6. The Balaban J connectivity index is 1.83.